The fourth-order valence-corrected chi connectivity index (χ4v) is 2.53. The highest BCUT2D eigenvalue weighted by Crippen LogP contribution is 2.25. The highest BCUT2D eigenvalue weighted by molar-refractivity contribution is 6.30. The second kappa shape index (κ2) is 6.15. The summed E-state index contributed by atoms with van der Waals surface area (Å²) in [6.07, 6.45) is 1.67. The summed E-state index contributed by atoms with van der Waals surface area (Å²) in [6.45, 7) is 0.377. The average Bonchev–Trinajstić information content (AvgIpc) is 2.92. The van der Waals surface area contributed by atoms with Crippen molar-refractivity contribution < 1.29 is 9.59 Å². The predicted octanol–water partition coefficient (Wildman–Crippen LogP) is 2.73. The van der Waals surface area contributed by atoms with Crippen LogP contribution in [0.1, 0.15) is 6.42 Å². The maximum absolute atomic E-state index is 12.3. The number of nitrogens with zero attached hydrogens (tertiary/aromatic N) is 2. The van der Waals surface area contributed by atoms with E-state index in [1.165, 1.54) is 6.20 Å². The third-order valence-electron chi connectivity index (χ3n) is 3.54. The first-order valence-electron chi connectivity index (χ1n) is 6.91. The summed E-state index contributed by atoms with van der Waals surface area (Å²) in [4.78, 5) is 30.0. The van der Waals surface area contributed by atoms with Crippen LogP contribution >= 0.6 is 11.6 Å². The minimum Gasteiger partial charge on any atom is -0.312 e. The number of benzene rings is 1. The third kappa shape index (κ3) is 3.09. The molecule has 0 spiro atoms. The molecule has 1 N–H and O–H groups in total. The van der Waals surface area contributed by atoms with Crippen molar-refractivity contribution in [2.24, 2.45) is 5.92 Å². The fraction of sp³-hybridized carbons (Fsp3) is 0.188. The third-order valence-corrected chi connectivity index (χ3v) is 3.77. The van der Waals surface area contributed by atoms with Crippen LogP contribution in [0.5, 0.6) is 0 Å². The maximum atomic E-state index is 12.3. The summed E-state index contributed by atoms with van der Waals surface area (Å²) in [5.41, 5.74) is 0.812. The van der Waals surface area contributed by atoms with E-state index in [1.807, 2.05) is 30.3 Å². The summed E-state index contributed by atoms with van der Waals surface area (Å²) in [7, 11) is 0. The Bertz CT molecular complexity index is 688. The molecule has 1 aliphatic rings. The van der Waals surface area contributed by atoms with Crippen LogP contribution in [0.4, 0.5) is 11.5 Å². The van der Waals surface area contributed by atoms with E-state index >= 15 is 0 Å². The van der Waals surface area contributed by atoms with E-state index in [1.54, 1.807) is 17.0 Å². The number of para-hydroxylation sites is 1. The molecule has 112 valence electrons. The first kappa shape index (κ1) is 14.5. The number of hydrogen-bond acceptors (Lipinski definition) is 3. The second-order valence-electron chi connectivity index (χ2n) is 5.09. The largest absolute Gasteiger partial charge is 0.312 e. The van der Waals surface area contributed by atoms with Gasteiger partial charge >= 0.3 is 0 Å². The predicted molar refractivity (Wildman–Crippen MR) is 84.8 cm³/mol. The van der Waals surface area contributed by atoms with Crippen LogP contribution in [-0.2, 0) is 9.59 Å². The van der Waals surface area contributed by atoms with Gasteiger partial charge < -0.3 is 10.2 Å². The van der Waals surface area contributed by atoms with Gasteiger partial charge in [0.2, 0.25) is 11.8 Å². The average molecular weight is 316 g/mol. The van der Waals surface area contributed by atoms with Gasteiger partial charge in [-0.3, -0.25) is 9.59 Å². The molecule has 1 atom stereocenters. The number of aromatic nitrogens is 1. The zero-order valence-corrected chi connectivity index (χ0v) is 12.5. The van der Waals surface area contributed by atoms with Crippen LogP contribution < -0.4 is 10.2 Å². The Morgan fingerprint density at radius 1 is 1.23 bits per heavy atom. The molecule has 0 saturated carbocycles. The van der Waals surface area contributed by atoms with E-state index in [4.69, 9.17) is 11.6 Å². The molecule has 3 rings (SSSR count). The van der Waals surface area contributed by atoms with E-state index < -0.39 is 0 Å². The Kier molecular flexibility index (Phi) is 4.06. The van der Waals surface area contributed by atoms with Gasteiger partial charge in [-0.25, -0.2) is 4.98 Å². The number of rotatable bonds is 3. The molecule has 1 aromatic heterocycles. The lowest BCUT2D eigenvalue weighted by Crippen LogP contribution is -2.28. The second-order valence-corrected chi connectivity index (χ2v) is 5.53. The molecule has 1 saturated heterocycles. The Labute approximate surface area is 132 Å². The van der Waals surface area contributed by atoms with Gasteiger partial charge in [0.1, 0.15) is 5.82 Å². The number of hydrogen-bond donors (Lipinski definition) is 1. The summed E-state index contributed by atoms with van der Waals surface area (Å²) in [5, 5.41) is 3.22. The molecular formula is C16H14ClN3O2. The van der Waals surface area contributed by atoms with E-state index in [9.17, 15) is 9.59 Å². The molecule has 1 fully saturated rings. The first-order chi connectivity index (χ1) is 10.6. The van der Waals surface area contributed by atoms with Crippen molar-refractivity contribution in [3.8, 4) is 0 Å². The van der Waals surface area contributed by atoms with E-state index in [2.05, 4.69) is 10.3 Å². The number of carbonyl (C=O) groups is 2. The van der Waals surface area contributed by atoms with Gasteiger partial charge in [-0.05, 0) is 24.3 Å². The van der Waals surface area contributed by atoms with Crippen LogP contribution in [0.15, 0.2) is 48.7 Å². The monoisotopic (exact) mass is 315 g/mol. The minimum absolute atomic E-state index is 0.0459. The number of pyridine rings is 1. The summed E-state index contributed by atoms with van der Waals surface area (Å²) < 4.78 is 0. The lowest BCUT2D eigenvalue weighted by Gasteiger charge is -2.16. The quantitative estimate of drug-likeness (QED) is 0.947. The van der Waals surface area contributed by atoms with Gasteiger partial charge in [-0.1, -0.05) is 29.8 Å². The maximum Gasteiger partial charge on any atom is 0.230 e. The van der Waals surface area contributed by atoms with Gasteiger partial charge in [0.25, 0.3) is 0 Å². The number of amides is 2. The van der Waals surface area contributed by atoms with Crippen molar-refractivity contribution in [3.63, 3.8) is 0 Å². The lowest BCUT2D eigenvalue weighted by atomic mass is 10.1. The molecule has 1 aromatic carbocycles. The molecule has 1 aliphatic heterocycles. The zero-order valence-electron chi connectivity index (χ0n) is 11.7. The number of anilines is 2. The molecule has 6 heteroatoms. The Hall–Kier alpha value is -2.40. The Morgan fingerprint density at radius 3 is 2.68 bits per heavy atom. The fourth-order valence-electron chi connectivity index (χ4n) is 2.42. The highest BCUT2D eigenvalue weighted by atomic mass is 35.5. The van der Waals surface area contributed by atoms with Gasteiger partial charge in [0.05, 0.1) is 10.9 Å². The summed E-state index contributed by atoms with van der Waals surface area (Å²) >= 11 is 5.75. The van der Waals surface area contributed by atoms with Crippen LogP contribution in [-0.4, -0.2) is 23.3 Å². The van der Waals surface area contributed by atoms with E-state index in [-0.39, 0.29) is 24.2 Å². The van der Waals surface area contributed by atoms with E-state index in [0.717, 1.165) is 5.69 Å². The molecule has 0 radical (unpaired) electrons. The summed E-state index contributed by atoms with van der Waals surface area (Å²) in [6, 6.07) is 12.6. The van der Waals surface area contributed by atoms with Gasteiger partial charge in [0.15, 0.2) is 0 Å². The molecule has 0 unspecified atom stereocenters. The van der Waals surface area contributed by atoms with Crippen LogP contribution in [0.3, 0.4) is 0 Å². The van der Waals surface area contributed by atoms with Crippen molar-refractivity contribution in [1.82, 2.24) is 4.98 Å². The number of nitrogens with one attached hydrogen (secondary N) is 1. The Balaban J connectivity index is 1.67. The van der Waals surface area contributed by atoms with E-state index in [0.29, 0.717) is 17.4 Å². The zero-order chi connectivity index (χ0) is 15.5. The molecule has 0 aliphatic carbocycles. The molecule has 22 heavy (non-hydrogen) atoms. The topological polar surface area (TPSA) is 62.3 Å². The molecule has 2 heterocycles. The first-order valence-corrected chi connectivity index (χ1v) is 7.29. The molecule has 2 aromatic rings. The number of halogens is 1. The van der Waals surface area contributed by atoms with Crippen molar-refractivity contribution in [1.29, 1.82) is 0 Å². The van der Waals surface area contributed by atoms with Crippen molar-refractivity contribution in [3.05, 3.63) is 53.7 Å². The number of carbonyl (C=O) groups excluding carboxylic acids is 2. The van der Waals surface area contributed by atoms with Crippen molar-refractivity contribution in [2.75, 3.05) is 16.8 Å². The Morgan fingerprint density at radius 2 is 2.00 bits per heavy atom. The van der Waals surface area contributed by atoms with Gasteiger partial charge in [0, 0.05) is 24.8 Å². The molecule has 5 nitrogen and oxygen atoms in total. The van der Waals surface area contributed by atoms with Crippen LogP contribution in [0.2, 0.25) is 5.02 Å². The van der Waals surface area contributed by atoms with Crippen molar-refractivity contribution in [2.45, 2.75) is 6.42 Å². The molecule has 0 bridgehead atoms. The minimum atomic E-state index is -0.384. The normalized spacial score (nSPS) is 17.6. The molecular weight excluding hydrogens is 302 g/mol. The van der Waals surface area contributed by atoms with Gasteiger partial charge in [-0.2, -0.15) is 0 Å². The molecule has 2 amide bonds. The smallest absolute Gasteiger partial charge is 0.230 e. The van der Waals surface area contributed by atoms with Crippen LogP contribution in [0, 0.1) is 5.92 Å². The van der Waals surface area contributed by atoms with Gasteiger partial charge in [-0.15, -0.1) is 0 Å². The SMILES string of the molecule is O=C(Nc1ccc(Cl)cn1)[C@H]1CC(=O)N(c2ccccc2)C1. The lowest BCUT2D eigenvalue weighted by molar-refractivity contribution is -0.122. The van der Waals surface area contributed by atoms with Crippen molar-refractivity contribution >= 4 is 34.9 Å². The van der Waals surface area contributed by atoms with Crippen LogP contribution in [0.25, 0.3) is 0 Å². The summed E-state index contributed by atoms with van der Waals surface area (Å²) in [5.74, 6) is -0.206. The highest BCUT2D eigenvalue weighted by Gasteiger charge is 2.35. The standard InChI is InChI=1S/C16H14ClN3O2/c17-12-6-7-14(18-9-12)19-16(22)11-8-15(21)20(10-11)13-4-2-1-3-5-13/h1-7,9,11H,8,10H2,(H,18,19,22)/t11-/m0/s1.